The van der Waals surface area contributed by atoms with Gasteiger partial charge in [-0.2, -0.15) is 0 Å². The van der Waals surface area contributed by atoms with Gasteiger partial charge in [-0.25, -0.2) is 0 Å². The molecule has 0 N–H and O–H groups in total. The van der Waals surface area contributed by atoms with Gasteiger partial charge in [0, 0.05) is 17.9 Å². The fraction of sp³-hybridized carbons (Fsp3) is 0.478. The fourth-order valence-electron chi connectivity index (χ4n) is 4.49. The van der Waals surface area contributed by atoms with Crippen molar-refractivity contribution >= 4 is 0 Å². The van der Waals surface area contributed by atoms with E-state index >= 15 is 0 Å². The summed E-state index contributed by atoms with van der Waals surface area (Å²) in [5.41, 5.74) is 2.03. The molecule has 2 aromatic carbocycles. The van der Waals surface area contributed by atoms with Gasteiger partial charge in [0.1, 0.15) is 11.5 Å². The highest BCUT2D eigenvalue weighted by Gasteiger charge is 2.48. The molecule has 2 aliphatic heterocycles. The van der Waals surface area contributed by atoms with E-state index in [-0.39, 0.29) is 24.0 Å². The summed E-state index contributed by atoms with van der Waals surface area (Å²) in [5, 5.41) is 0. The summed E-state index contributed by atoms with van der Waals surface area (Å²) in [4.78, 5) is 0. The van der Waals surface area contributed by atoms with Crippen LogP contribution in [0.4, 0.5) is 0 Å². The van der Waals surface area contributed by atoms with Gasteiger partial charge in [-0.3, -0.25) is 0 Å². The molecule has 162 valence electrons. The molecule has 2 saturated heterocycles. The van der Waals surface area contributed by atoms with Crippen LogP contribution in [0.15, 0.2) is 30.3 Å². The van der Waals surface area contributed by atoms with E-state index in [4.69, 9.17) is 33.2 Å². The highest BCUT2D eigenvalue weighted by atomic mass is 16.5. The molecule has 2 fully saturated rings. The quantitative estimate of drug-likeness (QED) is 0.680. The van der Waals surface area contributed by atoms with Gasteiger partial charge in [-0.1, -0.05) is 0 Å². The van der Waals surface area contributed by atoms with Gasteiger partial charge in [0.05, 0.1) is 61.0 Å². The van der Waals surface area contributed by atoms with Crippen molar-refractivity contribution < 1.29 is 33.2 Å². The smallest absolute Gasteiger partial charge is 0.203 e. The van der Waals surface area contributed by atoms with Gasteiger partial charge < -0.3 is 33.2 Å². The number of methoxy groups -OCH3 is 5. The highest BCUT2D eigenvalue weighted by molar-refractivity contribution is 5.54. The molecule has 0 radical (unpaired) electrons. The first-order chi connectivity index (χ1) is 14.6. The molecule has 0 aromatic heterocycles. The molecule has 2 aromatic rings. The van der Waals surface area contributed by atoms with Crippen molar-refractivity contribution in [1.82, 2.24) is 0 Å². The van der Waals surface area contributed by atoms with Crippen LogP contribution in [-0.2, 0) is 9.47 Å². The van der Waals surface area contributed by atoms with Crippen molar-refractivity contribution in [3.8, 4) is 28.7 Å². The van der Waals surface area contributed by atoms with E-state index in [0.717, 1.165) is 22.6 Å². The van der Waals surface area contributed by atoms with E-state index in [2.05, 4.69) is 0 Å². The molecule has 7 heteroatoms. The summed E-state index contributed by atoms with van der Waals surface area (Å²) in [5.74, 6) is 3.75. The summed E-state index contributed by atoms with van der Waals surface area (Å²) in [6.45, 7) is 1.21. The average molecular weight is 416 g/mol. The van der Waals surface area contributed by atoms with Crippen molar-refractivity contribution in [3.05, 3.63) is 41.5 Å². The van der Waals surface area contributed by atoms with Crippen molar-refractivity contribution in [2.75, 3.05) is 48.8 Å². The molecular formula is C23H28O7. The molecule has 4 rings (SSSR count). The first kappa shape index (κ1) is 20.6. The molecule has 2 aliphatic rings. The summed E-state index contributed by atoms with van der Waals surface area (Å²) in [7, 11) is 8.13. The van der Waals surface area contributed by atoms with Crippen molar-refractivity contribution in [3.63, 3.8) is 0 Å². The number of rotatable bonds is 7. The maximum Gasteiger partial charge on any atom is 0.203 e. The lowest BCUT2D eigenvalue weighted by Crippen LogP contribution is -2.15. The molecule has 4 atom stereocenters. The Bertz CT molecular complexity index is 850. The number of hydrogen-bond acceptors (Lipinski definition) is 7. The van der Waals surface area contributed by atoms with E-state index in [9.17, 15) is 0 Å². The van der Waals surface area contributed by atoms with Crippen LogP contribution in [0, 0.1) is 11.8 Å². The molecule has 30 heavy (non-hydrogen) atoms. The third-order valence-corrected chi connectivity index (χ3v) is 5.98. The molecule has 0 aliphatic carbocycles. The second kappa shape index (κ2) is 8.62. The Labute approximate surface area is 176 Å². The third-order valence-electron chi connectivity index (χ3n) is 5.98. The minimum Gasteiger partial charge on any atom is -0.497 e. The minimum absolute atomic E-state index is 0.0777. The standard InChI is InChI=1S/C23H28O7/c1-24-15-6-13(7-16(10-15)25-2)21-17-11-30-22(18(17)12-29-21)14-8-19(26-3)23(28-5)20(9-14)27-4/h6-10,17-18,21-22H,11-12H2,1-5H3/t17?,18?,21-,22?/m1/s1. The number of fused-ring (bicyclic) bond motifs is 1. The maximum absolute atomic E-state index is 6.25. The summed E-state index contributed by atoms with van der Waals surface area (Å²) >= 11 is 0. The largest absolute Gasteiger partial charge is 0.497 e. The van der Waals surface area contributed by atoms with Crippen LogP contribution < -0.4 is 23.7 Å². The SMILES string of the molecule is COc1cc(OC)cc([C@H]2OCC3C(c4cc(OC)c(OC)c(OC)c4)OCC32)c1. The first-order valence-corrected chi connectivity index (χ1v) is 9.89. The van der Waals surface area contributed by atoms with Gasteiger partial charge >= 0.3 is 0 Å². The third kappa shape index (κ3) is 3.52. The lowest BCUT2D eigenvalue weighted by atomic mass is 9.84. The lowest BCUT2D eigenvalue weighted by molar-refractivity contribution is 0.0190. The van der Waals surface area contributed by atoms with E-state index < -0.39 is 0 Å². The van der Waals surface area contributed by atoms with Gasteiger partial charge in [-0.15, -0.1) is 0 Å². The predicted octanol–water partition coefficient (Wildman–Crippen LogP) is 3.80. The minimum atomic E-state index is -0.110. The van der Waals surface area contributed by atoms with Crippen LogP contribution in [0.2, 0.25) is 0 Å². The summed E-state index contributed by atoms with van der Waals surface area (Å²) in [6.07, 6.45) is -0.188. The molecule has 0 bridgehead atoms. The molecule has 0 saturated carbocycles. The Balaban J connectivity index is 1.62. The predicted molar refractivity (Wildman–Crippen MR) is 110 cm³/mol. The fourth-order valence-corrected chi connectivity index (χ4v) is 4.49. The van der Waals surface area contributed by atoms with Gasteiger partial charge in [0.25, 0.3) is 0 Å². The molecule has 7 nitrogen and oxygen atoms in total. The Hall–Kier alpha value is -2.64. The summed E-state index contributed by atoms with van der Waals surface area (Å²) in [6, 6.07) is 9.77. The Morgan fingerprint density at radius 2 is 1.07 bits per heavy atom. The number of benzene rings is 2. The number of ether oxygens (including phenoxy) is 7. The van der Waals surface area contributed by atoms with Crippen molar-refractivity contribution in [1.29, 1.82) is 0 Å². The van der Waals surface area contributed by atoms with Crippen LogP contribution in [0.5, 0.6) is 28.7 Å². The zero-order valence-corrected chi connectivity index (χ0v) is 18.0. The first-order valence-electron chi connectivity index (χ1n) is 9.89. The van der Waals surface area contributed by atoms with Crippen LogP contribution >= 0.6 is 0 Å². The second-order valence-electron chi connectivity index (χ2n) is 7.44. The van der Waals surface area contributed by atoms with E-state index in [1.807, 2.05) is 30.3 Å². The van der Waals surface area contributed by atoms with Gasteiger partial charge in [0.15, 0.2) is 11.5 Å². The van der Waals surface area contributed by atoms with Crippen LogP contribution in [0.1, 0.15) is 23.3 Å². The number of hydrogen-bond donors (Lipinski definition) is 0. The van der Waals surface area contributed by atoms with Crippen LogP contribution in [0.25, 0.3) is 0 Å². The average Bonchev–Trinajstić information content (AvgIpc) is 3.39. The Morgan fingerprint density at radius 3 is 1.47 bits per heavy atom. The lowest BCUT2D eigenvalue weighted by Gasteiger charge is -2.20. The zero-order valence-electron chi connectivity index (χ0n) is 18.0. The summed E-state index contributed by atoms with van der Waals surface area (Å²) < 4.78 is 39.8. The van der Waals surface area contributed by atoms with E-state index in [0.29, 0.717) is 30.5 Å². The monoisotopic (exact) mass is 416 g/mol. The van der Waals surface area contributed by atoms with Crippen molar-refractivity contribution in [2.24, 2.45) is 11.8 Å². The molecule has 2 heterocycles. The zero-order chi connectivity index (χ0) is 21.3. The Kier molecular flexibility index (Phi) is 5.92. The van der Waals surface area contributed by atoms with Gasteiger partial charge in [0.2, 0.25) is 5.75 Å². The molecule has 0 spiro atoms. The van der Waals surface area contributed by atoms with E-state index in [1.165, 1.54) is 0 Å². The second-order valence-corrected chi connectivity index (χ2v) is 7.44. The Morgan fingerprint density at radius 1 is 0.600 bits per heavy atom. The van der Waals surface area contributed by atoms with Crippen LogP contribution in [-0.4, -0.2) is 48.8 Å². The van der Waals surface area contributed by atoms with Crippen LogP contribution in [0.3, 0.4) is 0 Å². The molecule has 3 unspecified atom stereocenters. The van der Waals surface area contributed by atoms with E-state index in [1.54, 1.807) is 35.5 Å². The highest BCUT2D eigenvalue weighted by Crippen LogP contribution is 2.52. The topological polar surface area (TPSA) is 64.6 Å². The molecular weight excluding hydrogens is 388 g/mol. The molecule has 0 amide bonds. The van der Waals surface area contributed by atoms with Gasteiger partial charge in [-0.05, 0) is 35.4 Å². The maximum atomic E-state index is 6.25. The van der Waals surface area contributed by atoms with Crippen molar-refractivity contribution in [2.45, 2.75) is 12.2 Å². The normalized spacial score (nSPS) is 25.0.